The summed E-state index contributed by atoms with van der Waals surface area (Å²) >= 11 is 0. The summed E-state index contributed by atoms with van der Waals surface area (Å²) in [5.41, 5.74) is 2.23. The minimum atomic E-state index is -0.543. The minimum absolute atomic E-state index is 0.00322. The Morgan fingerprint density at radius 3 is 2.42 bits per heavy atom. The van der Waals surface area contributed by atoms with Crippen LogP contribution in [0, 0.1) is 0 Å². The van der Waals surface area contributed by atoms with E-state index in [0.29, 0.717) is 30.1 Å². The minimum Gasteiger partial charge on any atom is -0.479 e. The van der Waals surface area contributed by atoms with Crippen LogP contribution in [0.1, 0.15) is 30.1 Å². The van der Waals surface area contributed by atoms with Gasteiger partial charge in [0.05, 0.1) is 5.69 Å². The second-order valence-corrected chi connectivity index (χ2v) is 7.97. The summed E-state index contributed by atoms with van der Waals surface area (Å²) in [6, 6.07) is 15.3. The number of carbonyl (C=O) groups excluding carboxylic acids is 3. The van der Waals surface area contributed by atoms with E-state index in [1.165, 1.54) is 10.6 Å². The van der Waals surface area contributed by atoms with Crippen molar-refractivity contribution < 1.29 is 19.1 Å². The number of para-hydroxylation sites is 1. The highest BCUT2D eigenvalue weighted by atomic mass is 16.5. The predicted octanol–water partition coefficient (Wildman–Crippen LogP) is 2.74. The van der Waals surface area contributed by atoms with Crippen LogP contribution < -0.4 is 14.5 Å². The zero-order valence-electron chi connectivity index (χ0n) is 17.9. The van der Waals surface area contributed by atoms with Crippen LogP contribution in [-0.4, -0.2) is 61.8 Å². The Balaban J connectivity index is 1.31. The molecule has 2 amide bonds. The number of amides is 2. The maximum Gasteiger partial charge on any atom is 0.267 e. The number of piperazine rings is 1. The first kappa shape index (κ1) is 20.9. The Kier molecular flexibility index (Phi) is 5.93. The van der Waals surface area contributed by atoms with Crippen LogP contribution >= 0.6 is 0 Å². The van der Waals surface area contributed by atoms with Gasteiger partial charge in [-0.1, -0.05) is 18.2 Å². The molecule has 0 aliphatic carbocycles. The van der Waals surface area contributed by atoms with E-state index in [1.807, 2.05) is 23.1 Å². The molecule has 7 heteroatoms. The lowest BCUT2D eigenvalue weighted by Crippen LogP contribution is -2.48. The lowest BCUT2D eigenvalue weighted by molar-refractivity contribution is -0.131. The molecule has 2 aromatic rings. The van der Waals surface area contributed by atoms with E-state index in [1.54, 1.807) is 32.2 Å². The van der Waals surface area contributed by atoms with Crippen molar-refractivity contribution in [1.29, 1.82) is 0 Å². The number of rotatable bonds is 5. The van der Waals surface area contributed by atoms with Gasteiger partial charge in [0.25, 0.3) is 5.91 Å². The molecule has 2 heterocycles. The summed E-state index contributed by atoms with van der Waals surface area (Å²) in [6.07, 6.45) is -0.214. The summed E-state index contributed by atoms with van der Waals surface area (Å²) in [6.45, 7) is 4.58. The Morgan fingerprint density at radius 1 is 1.00 bits per heavy atom. The Morgan fingerprint density at radius 2 is 1.71 bits per heavy atom. The summed E-state index contributed by atoms with van der Waals surface area (Å²) in [5, 5.41) is 0. The number of carbonyl (C=O) groups is 3. The van der Waals surface area contributed by atoms with Crippen LogP contribution in [-0.2, 0) is 9.59 Å². The number of ether oxygens (including phenoxy) is 1. The number of nitrogens with zero attached hydrogens (tertiary/aromatic N) is 3. The third-order valence-electron chi connectivity index (χ3n) is 5.94. The molecule has 2 aromatic carbocycles. The average molecular weight is 421 g/mol. The molecule has 2 aliphatic rings. The molecule has 0 saturated carbocycles. The van der Waals surface area contributed by atoms with Crippen molar-refractivity contribution >= 4 is 29.0 Å². The van der Waals surface area contributed by atoms with E-state index >= 15 is 0 Å². The quantitative estimate of drug-likeness (QED) is 0.695. The van der Waals surface area contributed by atoms with Crippen LogP contribution in [0.15, 0.2) is 48.5 Å². The van der Waals surface area contributed by atoms with Crippen LogP contribution in [0.4, 0.5) is 11.4 Å². The molecule has 0 spiro atoms. The fourth-order valence-corrected chi connectivity index (χ4v) is 4.06. The van der Waals surface area contributed by atoms with Gasteiger partial charge in [-0.25, -0.2) is 0 Å². The zero-order valence-corrected chi connectivity index (χ0v) is 17.9. The number of Topliss-reactive ketones (excluding diaryl/α,β-unsaturated/α-hetero) is 1. The molecule has 31 heavy (non-hydrogen) atoms. The van der Waals surface area contributed by atoms with Gasteiger partial charge in [-0.15, -0.1) is 0 Å². The van der Waals surface area contributed by atoms with E-state index in [0.717, 1.165) is 13.1 Å². The van der Waals surface area contributed by atoms with Gasteiger partial charge in [0.1, 0.15) is 5.75 Å². The van der Waals surface area contributed by atoms with E-state index in [2.05, 4.69) is 17.0 Å². The van der Waals surface area contributed by atoms with Crippen LogP contribution in [0.3, 0.4) is 0 Å². The van der Waals surface area contributed by atoms with Gasteiger partial charge in [-0.05, 0) is 37.3 Å². The number of hydrogen-bond acceptors (Lipinski definition) is 5. The molecule has 7 nitrogen and oxygen atoms in total. The summed E-state index contributed by atoms with van der Waals surface area (Å²) in [7, 11) is 1.67. The lowest BCUT2D eigenvalue weighted by Gasteiger charge is -2.36. The fourth-order valence-electron chi connectivity index (χ4n) is 4.06. The molecule has 0 bridgehead atoms. The number of fused-ring (bicyclic) bond motifs is 1. The predicted molar refractivity (Wildman–Crippen MR) is 119 cm³/mol. The molecule has 162 valence electrons. The normalized spacial score (nSPS) is 18.5. The number of anilines is 2. The highest BCUT2D eigenvalue weighted by Gasteiger charge is 2.29. The van der Waals surface area contributed by atoms with Gasteiger partial charge in [0.2, 0.25) is 5.91 Å². The summed E-state index contributed by atoms with van der Waals surface area (Å²) in [4.78, 5) is 43.1. The van der Waals surface area contributed by atoms with Crippen molar-refractivity contribution in [2.75, 3.05) is 43.0 Å². The molecule has 0 radical (unpaired) electrons. The van der Waals surface area contributed by atoms with Gasteiger partial charge in [-0.2, -0.15) is 0 Å². The average Bonchev–Trinajstić information content (AvgIpc) is 2.81. The van der Waals surface area contributed by atoms with Crippen LogP contribution in [0.5, 0.6) is 5.75 Å². The highest BCUT2D eigenvalue weighted by molar-refractivity contribution is 6.03. The van der Waals surface area contributed by atoms with Crippen molar-refractivity contribution in [3.8, 4) is 5.75 Å². The third kappa shape index (κ3) is 4.40. The molecular weight excluding hydrogens is 394 g/mol. The van der Waals surface area contributed by atoms with Gasteiger partial charge in [0, 0.05) is 57.3 Å². The Labute approximate surface area is 182 Å². The molecule has 1 unspecified atom stereocenters. The van der Waals surface area contributed by atoms with Crippen LogP contribution in [0.2, 0.25) is 0 Å². The first-order valence-electron chi connectivity index (χ1n) is 10.6. The second kappa shape index (κ2) is 8.79. The van der Waals surface area contributed by atoms with Gasteiger partial charge in [0.15, 0.2) is 11.9 Å². The summed E-state index contributed by atoms with van der Waals surface area (Å²) in [5.74, 6) is 0.322. The highest BCUT2D eigenvalue weighted by Crippen LogP contribution is 2.34. The second-order valence-electron chi connectivity index (χ2n) is 7.97. The topological polar surface area (TPSA) is 70.2 Å². The van der Waals surface area contributed by atoms with E-state index in [9.17, 15) is 14.4 Å². The van der Waals surface area contributed by atoms with E-state index in [-0.39, 0.29) is 30.4 Å². The summed E-state index contributed by atoms with van der Waals surface area (Å²) < 4.78 is 5.60. The molecule has 2 aliphatic heterocycles. The number of ketones is 1. The SMILES string of the molecule is CC1Oc2ccc(C(=O)CCC(=O)N3CCN(c4ccccc4)CC3)cc2N(C)C1=O. The van der Waals surface area contributed by atoms with Gasteiger partial charge < -0.3 is 19.4 Å². The molecule has 1 atom stereocenters. The fraction of sp³-hybridized carbons (Fsp3) is 0.375. The molecule has 4 rings (SSSR count). The van der Waals surface area contributed by atoms with Gasteiger partial charge in [-0.3, -0.25) is 14.4 Å². The van der Waals surface area contributed by atoms with Gasteiger partial charge >= 0.3 is 0 Å². The standard InChI is InChI=1S/C24H27N3O4/c1-17-24(30)25(2)20-16-18(8-10-22(20)31-17)21(28)9-11-23(29)27-14-12-26(13-15-27)19-6-4-3-5-7-19/h3-8,10,16-17H,9,11-15H2,1-2H3. The van der Waals surface area contributed by atoms with Crippen molar-refractivity contribution in [1.82, 2.24) is 4.90 Å². The lowest BCUT2D eigenvalue weighted by atomic mass is 10.0. The number of benzene rings is 2. The maximum atomic E-state index is 12.7. The molecular formula is C24H27N3O4. The van der Waals surface area contributed by atoms with E-state index < -0.39 is 6.10 Å². The van der Waals surface area contributed by atoms with Crippen molar-refractivity contribution in [3.63, 3.8) is 0 Å². The van der Waals surface area contributed by atoms with Crippen molar-refractivity contribution in [2.24, 2.45) is 0 Å². The monoisotopic (exact) mass is 421 g/mol. The molecule has 1 saturated heterocycles. The molecule has 0 aromatic heterocycles. The molecule has 0 N–H and O–H groups in total. The largest absolute Gasteiger partial charge is 0.479 e. The first-order valence-corrected chi connectivity index (χ1v) is 10.6. The Bertz CT molecular complexity index is 984. The number of likely N-dealkylation sites (N-methyl/N-ethyl adjacent to an activating group) is 1. The van der Waals surface area contributed by atoms with E-state index in [4.69, 9.17) is 4.74 Å². The first-order chi connectivity index (χ1) is 14.9. The molecule has 1 fully saturated rings. The zero-order chi connectivity index (χ0) is 22.0. The Hall–Kier alpha value is -3.35. The smallest absolute Gasteiger partial charge is 0.267 e. The van der Waals surface area contributed by atoms with Crippen LogP contribution in [0.25, 0.3) is 0 Å². The maximum absolute atomic E-state index is 12.7. The number of hydrogen-bond donors (Lipinski definition) is 0. The van der Waals surface area contributed by atoms with Crippen molar-refractivity contribution in [2.45, 2.75) is 25.9 Å². The third-order valence-corrected chi connectivity index (χ3v) is 5.94. The van der Waals surface area contributed by atoms with Crippen molar-refractivity contribution in [3.05, 3.63) is 54.1 Å².